The van der Waals surface area contributed by atoms with Crippen molar-refractivity contribution in [2.45, 2.75) is 17.9 Å². The van der Waals surface area contributed by atoms with Crippen LogP contribution in [0, 0.1) is 11.7 Å². The van der Waals surface area contributed by atoms with E-state index in [2.05, 4.69) is 10.3 Å². The minimum atomic E-state index is -3.33. The van der Waals surface area contributed by atoms with Crippen LogP contribution in [0.25, 0.3) is 10.2 Å². The van der Waals surface area contributed by atoms with Gasteiger partial charge in [-0.3, -0.25) is 9.59 Å². The number of hydrogen-bond donors (Lipinski definition) is 1. The van der Waals surface area contributed by atoms with Crippen molar-refractivity contribution in [3.05, 3.63) is 53.8 Å². The Morgan fingerprint density at radius 3 is 2.70 bits per heavy atom. The second-order valence-electron chi connectivity index (χ2n) is 7.21. The van der Waals surface area contributed by atoms with Gasteiger partial charge < -0.3 is 10.2 Å². The molecule has 10 heteroatoms. The predicted molar refractivity (Wildman–Crippen MR) is 111 cm³/mol. The Bertz CT molecular complexity index is 1240. The van der Waals surface area contributed by atoms with E-state index < -0.39 is 15.8 Å². The summed E-state index contributed by atoms with van der Waals surface area (Å²) in [7, 11) is -3.33. The molecular formula is C20H18FN3O4S2. The standard InChI is InChI=1S/C20H18FN3O4S2/c1-30(27,28)15-6-7-16-17(9-15)29-20(22-16)23-19(26)13-8-18(25)24(11-13)10-12-2-4-14(21)5-3-12/h2-7,9,13H,8,10-11H2,1H3,(H,22,23,26). The second-order valence-corrected chi connectivity index (χ2v) is 10.3. The van der Waals surface area contributed by atoms with Gasteiger partial charge in [0.15, 0.2) is 15.0 Å². The number of hydrogen-bond acceptors (Lipinski definition) is 6. The van der Waals surface area contributed by atoms with Gasteiger partial charge in [-0.25, -0.2) is 17.8 Å². The molecule has 1 atom stereocenters. The van der Waals surface area contributed by atoms with Crippen LogP contribution in [0.2, 0.25) is 0 Å². The van der Waals surface area contributed by atoms with Gasteiger partial charge in [-0.05, 0) is 35.9 Å². The lowest BCUT2D eigenvalue weighted by Gasteiger charge is -2.16. The fourth-order valence-electron chi connectivity index (χ4n) is 3.31. The van der Waals surface area contributed by atoms with Crippen molar-refractivity contribution in [2.24, 2.45) is 5.92 Å². The molecule has 1 saturated heterocycles. The molecule has 30 heavy (non-hydrogen) atoms. The highest BCUT2D eigenvalue weighted by atomic mass is 32.2. The van der Waals surface area contributed by atoms with Crippen molar-refractivity contribution in [3.63, 3.8) is 0 Å². The Kier molecular flexibility index (Phi) is 5.29. The van der Waals surface area contributed by atoms with Gasteiger partial charge in [-0.1, -0.05) is 23.5 Å². The van der Waals surface area contributed by atoms with E-state index in [0.717, 1.165) is 11.8 Å². The Labute approximate surface area is 176 Å². The number of likely N-dealkylation sites (tertiary alicyclic amines) is 1. The molecule has 1 N–H and O–H groups in total. The molecule has 0 aliphatic carbocycles. The van der Waals surface area contributed by atoms with E-state index in [1.165, 1.54) is 35.6 Å². The Balaban J connectivity index is 1.43. The molecule has 0 bridgehead atoms. The molecular weight excluding hydrogens is 429 g/mol. The van der Waals surface area contributed by atoms with E-state index in [9.17, 15) is 22.4 Å². The first-order valence-electron chi connectivity index (χ1n) is 9.13. The average molecular weight is 448 g/mol. The van der Waals surface area contributed by atoms with Crippen LogP contribution in [-0.4, -0.2) is 42.9 Å². The third kappa shape index (κ3) is 4.34. The summed E-state index contributed by atoms with van der Waals surface area (Å²) in [6.07, 6.45) is 1.23. The number of aromatic nitrogens is 1. The molecule has 2 heterocycles. The first-order valence-corrected chi connectivity index (χ1v) is 11.8. The fraction of sp³-hybridized carbons (Fsp3) is 0.250. The van der Waals surface area contributed by atoms with E-state index in [1.807, 2.05) is 0 Å². The third-order valence-corrected chi connectivity index (χ3v) is 6.93. The second kappa shape index (κ2) is 7.77. The first kappa shape index (κ1) is 20.4. The molecule has 3 aromatic rings. The largest absolute Gasteiger partial charge is 0.338 e. The number of anilines is 1. The summed E-state index contributed by atoms with van der Waals surface area (Å²) >= 11 is 1.18. The van der Waals surface area contributed by atoms with Gasteiger partial charge in [-0.15, -0.1) is 0 Å². The van der Waals surface area contributed by atoms with Crippen molar-refractivity contribution in [2.75, 3.05) is 18.1 Å². The fourth-order valence-corrected chi connectivity index (χ4v) is 4.94. The van der Waals surface area contributed by atoms with Crippen molar-refractivity contribution < 1.29 is 22.4 Å². The lowest BCUT2D eigenvalue weighted by Crippen LogP contribution is -2.28. The first-order chi connectivity index (χ1) is 14.2. The van der Waals surface area contributed by atoms with Crippen LogP contribution >= 0.6 is 11.3 Å². The summed E-state index contributed by atoms with van der Waals surface area (Å²) in [6.45, 7) is 0.587. The van der Waals surface area contributed by atoms with Crippen LogP contribution in [0.4, 0.5) is 9.52 Å². The van der Waals surface area contributed by atoms with Crippen LogP contribution < -0.4 is 5.32 Å². The zero-order valence-corrected chi connectivity index (χ0v) is 17.6. The molecule has 1 aliphatic heterocycles. The van der Waals surface area contributed by atoms with Crippen LogP contribution in [-0.2, 0) is 26.0 Å². The van der Waals surface area contributed by atoms with Crippen molar-refractivity contribution in [1.82, 2.24) is 9.88 Å². The predicted octanol–water partition coefficient (Wildman–Crippen LogP) is 2.83. The molecule has 4 rings (SSSR count). The number of benzene rings is 2. The van der Waals surface area contributed by atoms with E-state index in [1.54, 1.807) is 23.1 Å². The van der Waals surface area contributed by atoms with E-state index in [4.69, 9.17) is 0 Å². The van der Waals surface area contributed by atoms with Crippen LogP contribution in [0.15, 0.2) is 47.4 Å². The Hall–Kier alpha value is -2.85. The lowest BCUT2D eigenvalue weighted by molar-refractivity contribution is -0.128. The number of fused-ring (bicyclic) bond motifs is 1. The highest BCUT2D eigenvalue weighted by molar-refractivity contribution is 7.90. The average Bonchev–Trinajstić information content (AvgIpc) is 3.25. The Morgan fingerprint density at radius 1 is 1.27 bits per heavy atom. The molecule has 1 fully saturated rings. The van der Waals surface area contributed by atoms with Crippen LogP contribution in [0.1, 0.15) is 12.0 Å². The lowest BCUT2D eigenvalue weighted by atomic mass is 10.1. The van der Waals surface area contributed by atoms with Gasteiger partial charge in [-0.2, -0.15) is 0 Å². The maximum absolute atomic E-state index is 13.0. The molecule has 1 aliphatic rings. The van der Waals surface area contributed by atoms with Gasteiger partial charge in [0.1, 0.15) is 5.82 Å². The van der Waals surface area contributed by atoms with Gasteiger partial charge in [0.25, 0.3) is 0 Å². The summed E-state index contributed by atoms with van der Waals surface area (Å²) in [6, 6.07) is 10.5. The summed E-state index contributed by atoms with van der Waals surface area (Å²) in [5.74, 6) is -1.31. The van der Waals surface area contributed by atoms with Crippen molar-refractivity contribution >= 4 is 48.3 Å². The number of halogens is 1. The monoisotopic (exact) mass is 447 g/mol. The minimum absolute atomic E-state index is 0.0934. The Morgan fingerprint density at radius 2 is 2.00 bits per heavy atom. The van der Waals surface area contributed by atoms with E-state index in [-0.39, 0.29) is 35.5 Å². The zero-order chi connectivity index (χ0) is 21.5. The molecule has 7 nitrogen and oxygen atoms in total. The molecule has 2 aromatic carbocycles. The number of amides is 2. The van der Waals surface area contributed by atoms with Gasteiger partial charge in [0, 0.05) is 25.8 Å². The maximum atomic E-state index is 13.0. The molecule has 156 valence electrons. The normalized spacial score (nSPS) is 16.9. The van der Waals surface area contributed by atoms with Crippen molar-refractivity contribution in [3.8, 4) is 0 Å². The number of carbonyl (C=O) groups excluding carboxylic acids is 2. The van der Waals surface area contributed by atoms with Crippen LogP contribution in [0.3, 0.4) is 0 Å². The number of rotatable bonds is 5. The summed E-state index contributed by atoms with van der Waals surface area (Å²) in [5, 5.41) is 3.09. The number of thiazole rings is 1. The quantitative estimate of drug-likeness (QED) is 0.649. The van der Waals surface area contributed by atoms with E-state index >= 15 is 0 Å². The molecule has 2 amide bonds. The molecule has 0 saturated carbocycles. The van der Waals surface area contributed by atoms with Gasteiger partial charge in [0.2, 0.25) is 11.8 Å². The topological polar surface area (TPSA) is 96.4 Å². The molecule has 0 radical (unpaired) electrons. The zero-order valence-electron chi connectivity index (χ0n) is 16.0. The minimum Gasteiger partial charge on any atom is -0.338 e. The smallest absolute Gasteiger partial charge is 0.231 e. The maximum Gasteiger partial charge on any atom is 0.231 e. The number of nitrogens with one attached hydrogen (secondary N) is 1. The summed E-state index contributed by atoms with van der Waals surface area (Å²) in [4.78, 5) is 31.0. The number of carbonyl (C=O) groups is 2. The van der Waals surface area contributed by atoms with Gasteiger partial charge >= 0.3 is 0 Å². The van der Waals surface area contributed by atoms with Crippen molar-refractivity contribution in [1.29, 1.82) is 0 Å². The molecule has 0 spiro atoms. The SMILES string of the molecule is CS(=O)(=O)c1ccc2nc(NC(=O)C3CC(=O)N(Cc4ccc(F)cc4)C3)sc2c1. The van der Waals surface area contributed by atoms with Crippen LogP contribution in [0.5, 0.6) is 0 Å². The summed E-state index contributed by atoms with van der Waals surface area (Å²) < 4.78 is 37.1. The molecule has 1 unspecified atom stereocenters. The number of nitrogens with zero attached hydrogens (tertiary/aromatic N) is 2. The van der Waals surface area contributed by atoms with E-state index in [0.29, 0.717) is 21.9 Å². The highest BCUT2D eigenvalue weighted by Gasteiger charge is 2.34. The number of sulfone groups is 1. The highest BCUT2D eigenvalue weighted by Crippen LogP contribution is 2.29. The third-order valence-electron chi connectivity index (χ3n) is 4.89. The summed E-state index contributed by atoms with van der Waals surface area (Å²) in [5.41, 5.74) is 1.38. The van der Waals surface area contributed by atoms with Gasteiger partial charge in [0.05, 0.1) is 21.0 Å². The molecule has 1 aromatic heterocycles.